The fraction of sp³-hybridized carbons (Fsp3) is 0.600. The van der Waals surface area contributed by atoms with Gasteiger partial charge in [-0.25, -0.2) is 9.13 Å². The number of rotatable bonds is 74. The largest absolute Gasteiger partial charge is 0.484 e. The lowest BCUT2D eigenvalue weighted by atomic mass is 10.0. The van der Waals surface area contributed by atoms with Crippen LogP contribution in [-0.4, -0.2) is 26.4 Å². The second-order valence-corrected chi connectivity index (χ2v) is 42.5. The molecule has 0 rings (SSSR count). The van der Waals surface area contributed by atoms with Gasteiger partial charge in [0.1, 0.15) is 0 Å². The molecule has 7 nitrogen and oxygen atoms in total. The molecule has 9 heteroatoms. The van der Waals surface area contributed by atoms with E-state index in [4.69, 9.17) is 22.4 Å². The molecule has 0 spiro atoms. The van der Waals surface area contributed by atoms with Gasteiger partial charge in [0, 0.05) is 0 Å². The Bertz CT molecular complexity index is 3560. The molecule has 0 aliphatic carbocycles. The number of hydrogen-bond acceptors (Lipinski definition) is 7. The van der Waals surface area contributed by atoms with Crippen molar-refractivity contribution in [1.29, 1.82) is 0 Å². The normalized spacial score (nSPS) is 15.2. The number of hydrogen-bond donors (Lipinski definition) is 0. The van der Waals surface area contributed by atoms with Gasteiger partial charge in [-0.1, -0.05) is 280 Å². The lowest BCUT2D eigenvalue weighted by Gasteiger charge is -2.22. The maximum atomic E-state index is 15.3. The van der Waals surface area contributed by atoms with E-state index >= 15 is 9.13 Å². The van der Waals surface area contributed by atoms with E-state index in [1.807, 2.05) is 24.3 Å². The lowest BCUT2D eigenvalue weighted by Crippen LogP contribution is -2.05. The van der Waals surface area contributed by atoms with Crippen molar-refractivity contribution >= 4 is 15.6 Å². The SMILES string of the molecule is CC(C)=CCC/C(C)=C/CC/C(C)=C/CC/C(C)=C/CC/C(C)=C/CC/C(C)=C/COP(=O)(OC/C=C(\C)CC/C=C(\C)CC/C=C(\C)CC/C=C(\C)CC/C=C(\C)CCC=C(C)C)OP(=O)(OC/C=C(\C)CC/C=C(\C)CC/C=C(\C)CC/C=C(\C)CC/C=C(\C)CCC=C(C)C)OC/C=C(\C)CC/C=C(\C)CC/C=C(\C)CC/C=C(\C)CC/C=C(\C)CCC=C(C)C. The monoisotopic (exact) mass is 1810 g/mol. The predicted molar refractivity (Wildman–Crippen MR) is 578 cm³/mol. The number of phosphoric ester groups is 2. The van der Waals surface area contributed by atoms with Gasteiger partial charge in [-0.05, 0) is 451 Å². The predicted octanol–water partition coefficient (Wildman–Crippen LogP) is 41.7. The zero-order chi connectivity index (χ0) is 96.5. The van der Waals surface area contributed by atoms with Crippen molar-refractivity contribution in [3.63, 3.8) is 0 Å². The molecular formula is C120H196O7P2. The molecule has 0 aromatic carbocycles. The Morgan fingerprint density at radius 2 is 0.225 bits per heavy atom. The van der Waals surface area contributed by atoms with E-state index in [9.17, 15) is 0 Å². The van der Waals surface area contributed by atoms with E-state index in [-0.39, 0.29) is 26.4 Å². The van der Waals surface area contributed by atoms with E-state index < -0.39 is 15.6 Å². The fourth-order valence-electron chi connectivity index (χ4n) is 14.5. The molecule has 0 atom stereocenters. The van der Waals surface area contributed by atoms with Gasteiger partial charge in [-0.15, -0.1) is 0 Å². The minimum atomic E-state index is -4.62. The molecule has 0 bridgehead atoms. The summed E-state index contributed by atoms with van der Waals surface area (Å²) in [5.41, 5.74) is 33.0. The highest BCUT2D eigenvalue weighted by atomic mass is 31.3. The molecule has 0 unspecified atom stereocenters. The average molecular weight is 1810 g/mol. The van der Waals surface area contributed by atoms with Crippen LogP contribution in [0.4, 0.5) is 0 Å². The molecule has 0 radical (unpaired) electrons. The summed E-state index contributed by atoms with van der Waals surface area (Å²) in [5.74, 6) is 0. The Balaban J connectivity index is 6.81. The first-order valence-electron chi connectivity index (χ1n) is 50.4. The van der Waals surface area contributed by atoms with Crippen LogP contribution < -0.4 is 0 Å². The Morgan fingerprint density at radius 1 is 0.140 bits per heavy atom. The van der Waals surface area contributed by atoms with Crippen molar-refractivity contribution in [2.24, 2.45) is 0 Å². The standard InChI is InChI=1S/C120H196O7P2/c1-97(2)49-29-53-101(9)57-33-61-105(13)65-37-69-109(17)73-41-77-113(21)81-45-85-117(25)89-93-123-128(121,124-94-90-118(26)86-46-82-114(22)78-42-74-110(18)70-38-66-106(14)62-34-58-102(10)54-30-50-98(3)4)127-129(122,125-95-91-119(27)87-47-83-115(23)79-43-75-111(19)71-39-67-107(15)63-35-59-103(11)55-31-51-99(5)6)126-96-92-120(28)88-48-84-116(24)80-44-76-112(20)72-40-68-108(16)64-36-60-104(12)56-32-52-100(7)8/h49-52,57-60,65-68,73-76,81-84,89-92H,29-48,53-56,61-64,69-72,77-80,85-88,93-96H2,1-28H3/b101-57+,102-58+,103-59+,104-60+,105-65+,106-66+,107-67+,108-68+,109-73+,110-74+,111-75+,112-76+,113-81+,114-82+,115-83+,116-84+,117-89+,118-90+,119-91+,120-92+. The van der Waals surface area contributed by atoms with E-state index in [1.54, 1.807) is 0 Å². The van der Waals surface area contributed by atoms with Gasteiger partial charge in [0.2, 0.25) is 0 Å². The van der Waals surface area contributed by atoms with Gasteiger partial charge in [0.25, 0.3) is 0 Å². The molecule has 728 valence electrons. The van der Waals surface area contributed by atoms with Crippen molar-refractivity contribution in [2.45, 2.75) is 451 Å². The highest BCUT2D eigenvalue weighted by Gasteiger charge is 2.40. The highest BCUT2D eigenvalue weighted by Crippen LogP contribution is 2.66. The molecule has 0 saturated heterocycles. The molecule has 0 heterocycles. The molecule has 0 amide bonds. The summed E-state index contributed by atoms with van der Waals surface area (Å²) in [5, 5.41) is 0. The summed E-state index contributed by atoms with van der Waals surface area (Å²) in [4.78, 5) is 0. The summed E-state index contributed by atoms with van der Waals surface area (Å²) in [7, 11) is -9.24. The third kappa shape index (κ3) is 80.2. The minimum Gasteiger partial charge on any atom is -0.282 e. The topological polar surface area (TPSA) is 80.3 Å². The van der Waals surface area contributed by atoms with Crippen LogP contribution in [0.5, 0.6) is 0 Å². The molecular weight excluding hydrogens is 1620 g/mol. The van der Waals surface area contributed by atoms with Crippen LogP contribution in [0.25, 0.3) is 0 Å². The second-order valence-electron chi connectivity index (χ2n) is 39.1. The highest BCUT2D eigenvalue weighted by molar-refractivity contribution is 7.62. The van der Waals surface area contributed by atoms with Gasteiger partial charge >= 0.3 is 15.6 Å². The van der Waals surface area contributed by atoms with Crippen LogP contribution in [0.1, 0.15) is 451 Å². The van der Waals surface area contributed by atoms with Crippen LogP contribution in [0.15, 0.2) is 280 Å². The van der Waals surface area contributed by atoms with Gasteiger partial charge < -0.3 is 0 Å². The molecule has 0 aromatic rings. The van der Waals surface area contributed by atoms with Gasteiger partial charge in [0.05, 0.1) is 26.4 Å². The van der Waals surface area contributed by atoms with Crippen LogP contribution in [0.3, 0.4) is 0 Å². The van der Waals surface area contributed by atoms with E-state index in [0.717, 1.165) is 279 Å². The second kappa shape index (κ2) is 78.4. The smallest absolute Gasteiger partial charge is 0.282 e. The van der Waals surface area contributed by atoms with Crippen molar-refractivity contribution < 1.29 is 31.5 Å². The maximum Gasteiger partial charge on any atom is 0.484 e. The first kappa shape index (κ1) is 123. The lowest BCUT2D eigenvalue weighted by molar-refractivity contribution is 0.130. The van der Waals surface area contributed by atoms with Gasteiger partial charge in [0.15, 0.2) is 0 Å². The fourth-order valence-corrected chi connectivity index (χ4v) is 17.4. The minimum absolute atomic E-state index is 0.0868. The molecule has 0 N–H and O–H groups in total. The van der Waals surface area contributed by atoms with Crippen LogP contribution in [0.2, 0.25) is 0 Å². The zero-order valence-electron chi connectivity index (χ0n) is 88.7. The Kier molecular flexibility index (Phi) is 74.7. The summed E-state index contributed by atoms with van der Waals surface area (Å²) >= 11 is 0. The van der Waals surface area contributed by atoms with Crippen molar-refractivity contribution in [3.8, 4) is 0 Å². The Morgan fingerprint density at radius 3 is 0.318 bits per heavy atom. The summed E-state index contributed by atoms with van der Waals surface area (Å²) in [6, 6.07) is 0. The Labute approximate surface area is 798 Å². The summed E-state index contributed by atoms with van der Waals surface area (Å²) in [6.45, 7) is 61.4. The van der Waals surface area contributed by atoms with Crippen molar-refractivity contribution in [1.82, 2.24) is 0 Å². The third-order valence-corrected chi connectivity index (χ3v) is 27.2. The molecule has 0 aliphatic rings. The molecule has 0 fully saturated rings. The van der Waals surface area contributed by atoms with Crippen molar-refractivity contribution in [2.75, 3.05) is 26.4 Å². The third-order valence-electron chi connectivity index (χ3n) is 23.7. The molecule has 0 aromatic heterocycles. The van der Waals surface area contributed by atoms with Crippen LogP contribution >= 0.6 is 15.6 Å². The molecule has 129 heavy (non-hydrogen) atoms. The van der Waals surface area contributed by atoms with E-state index in [1.165, 1.54) is 111 Å². The van der Waals surface area contributed by atoms with Gasteiger partial charge in [-0.3, -0.25) is 18.1 Å². The van der Waals surface area contributed by atoms with Crippen LogP contribution in [0, 0.1) is 0 Å². The van der Waals surface area contributed by atoms with Crippen molar-refractivity contribution in [3.05, 3.63) is 280 Å². The quantitative estimate of drug-likeness (QED) is 0.0443. The van der Waals surface area contributed by atoms with Crippen LogP contribution in [-0.2, 0) is 31.5 Å². The molecule has 0 saturated carbocycles. The zero-order valence-corrected chi connectivity index (χ0v) is 90.5. The maximum absolute atomic E-state index is 15.3. The average Bonchev–Trinajstić information content (AvgIpc) is 0.831. The Hall–Kier alpha value is -5.98. The summed E-state index contributed by atoms with van der Waals surface area (Å²) in [6.07, 6.45) is 96.7. The summed E-state index contributed by atoms with van der Waals surface area (Å²) < 4.78 is 61.3. The van der Waals surface area contributed by atoms with Gasteiger partial charge in [-0.2, -0.15) is 4.31 Å². The van der Waals surface area contributed by atoms with E-state index in [2.05, 4.69) is 315 Å². The first-order valence-corrected chi connectivity index (χ1v) is 53.3. The first-order chi connectivity index (χ1) is 61.3. The number of phosphoric acid groups is 2. The molecule has 0 aliphatic heterocycles. The number of allylic oxidation sites excluding steroid dienone is 44. The van der Waals surface area contributed by atoms with E-state index in [0.29, 0.717) is 0 Å².